The van der Waals surface area contributed by atoms with E-state index in [4.69, 9.17) is 28.3 Å². The second-order valence-corrected chi connectivity index (χ2v) is 11.8. The first-order chi connectivity index (χ1) is 13.9. The average Bonchev–Trinajstić information content (AvgIpc) is 3.25. The van der Waals surface area contributed by atoms with Crippen molar-refractivity contribution < 1.29 is 4.79 Å². The van der Waals surface area contributed by atoms with Crippen LogP contribution in [0.25, 0.3) is 10.2 Å². The molecule has 29 heavy (non-hydrogen) atoms. The van der Waals surface area contributed by atoms with E-state index in [1.54, 1.807) is 12.1 Å². The Labute approximate surface area is 187 Å². The molecule has 0 saturated heterocycles. The van der Waals surface area contributed by atoms with Gasteiger partial charge < -0.3 is 0 Å². The van der Waals surface area contributed by atoms with E-state index in [0.29, 0.717) is 15.7 Å². The number of rotatable bonds is 4. The Balaban J connectivity index is 1.75. The minimum atomic E-state index is -0.421. The van der Waals surface area contributed by atoms with E-state index >= 15 is 0 Å². The van der Waals surface area contributed by atoms with E-state index in [1.807, 2.05) is 17.7 Å². The third-order valence-corrected chi connectivity index (χ3v) is 8.63. The van der Waals surface area contributed by atoms with Crippen LogP contribution in [0, 0.1) is 6.92 Å². The molecule has 4 nitrogen and oxygen atoms in total. The zero-order valence-corrected chi connectivity index (χ0v) is 20.2. The number of aromatic nitrogens is 2. The Morgan fingerprint density at radius 3 is 2.59 bits per heavy atom. The molecule has 1 aliphatic heterocycles. The summed E-state index contributed by atoms with van der Waals surface area (Å²) >= 11 is 12.2. The topological polar surface area (TPSA) is 46.9 Å². The van der Waals surface area contributed by atoms with Gasteiger partial charge in [0, 0.05) is 0 Å². The normalized spacial score (nSPS) is 18.6. The average molecular weight is 497 g/mol. The van der Waals surface area contributed by atoms with E-state index < -0.39 is 15.0 Å². The summed E-state index contributed by atoms with van der Waals surface area (Å²) < 4.78 is 4.49. The first kappa shape index (κ1) is 20.7. The standard InChI is InChI=1S/C22H25Cl2N3OSe/c1-13-8-11-19(29-13)21-14(2)20(22(28)25-16-6-4-3-5-7-16)26-27(21)18-10-9-15(23)12-17(18)24/h8-12,16H,3-7,29H2,1-2H3,(H,25,28). The van der Waals surface area contributed by atoms with Crippen LogP contribution >= 0.6 is 23.2 Å². The first-order valence-corrected chi connectivity index (χ1v) is 12.8. The van der Waals surface area contributed by atoms with E-state index in [2.05, 4.69) is 24.4 Å². The number of halogens is 2. The molecule has 154 valence electrons. The molecule has 7 heteroatoms. The van der Waals surface area contributed by atoms with Crippen LogP contribution in [0.3, 0.4) is 0 Å². The Kier molecular flexibility index (Phi) is 6.21. The maximum absolute atomic E-state index is 13.1. The molecule has 0 spiro atoms. The van der Waals surface area contributed by atoms with Crippen LogP contribution in [0.15, 0.2) is 34.8 Å². The van der Waals surface area contributed by atoms with Crippen LogP contribution in [0.2, 0.25) is 10.0 Å². The Hall–Kier alpha value is -1.52. The SMILES string of the molecule is CC1=CC=C(c2c(C)c(C(=O)NC3CCCCC3)nn2-c2ccc(Cl)cc2Cl)[SeH2]1. The van der Waals surface area contributed by atoms with E-state index in [9.17, 15) is 4.79 Å². The van der Waals surface area contributed by atoms with Crippen molar-refractivity contribution in [1.29, 1.82) is 0 Å². The molecular formula is C22H25Cl2N3OSe. The molecule has 2 aromatic rings. The van der Waals surface area contributed by atoms with Gasteiger partial charge in [0.2, 0.25) is 0 Å². The zero-order valence-electron chi connectivity index (χ0n) is 16.6. The molecule has 4 rings (SSSR count). The van der Waals surface area contributed by atoms with Gasteiger partial charge >= 0.3 is 188 Å². The molecule has 2 heterocycles. The van der Waals surface area contributed by atoms with Gasteiger partial charge in [-0.25, -0.2) is 0 Å². The molecule has 0 unspecified atom stereocenters. The number of carbonyl (C=O) groups excluding carboxylic acids is 1. The first-order valence-electron chi connectivity index (χ1n) is 9.96. The summed E-state index contributed by atoms with van der Waals surface area (Å²) in [4.78, 5) is 13.1. The fraction of sp³-hybridized carbons (Fsp3) is 0.364. The second kappa shape index (κ2) is 8.69. The second-order valence-electron chi connectivity index (χ2n) is 7.69. The van der Waals surface area contributed by atoms with Crippen LogP contribution in [-0.2, 0) is 0 Å². The molecule has 1 aromatic heterocycles. The fourth-order valence-electron chi connectivity index (χ4n) is 4.00. The molecule has 0 atom stereocenters. The Bertz CT molecular complexity index is 1020. The number of nitrogens with zero attached hydrogens (tertiary/aromatic N) is 2. The van der Waals surface area contributed by atoms with Crippen LogP contribution in [0.5, 0.6) is 0 Å². The molecule has 1 saturated carbocycles. The van der Waals surface area contributed by atoms with Crippen molar-refractivity contribution in [1.82, 2.24) is 15.1 Å². The van der Waals surface area contributed by atoms with Gasteiger partial charge in [0.15, 0.2) is 0 Å². The van der Waals surface area contributed by atoms with Crippen molar-refractivity contribution in [3.05, 3.63) is 61.8 Å². The van der Waals surface area contributed by atoms with Gasteiger partial charge in [-0.05, 0) is 0 Å². The molecular weight excluding hydrogens is 472 g/mol. The van der Waals surface area contributed by atoms with Gasteiger partial charge in [0.05, 0.1) is 0 Å². The predicted octanol–water partition coefficient (Wildman–Crippen LogP) is 4.98. The molecule has 1 aliphatic carbocycles. The van der Waals surface area contributed by atoms with Gasteiger partial charge in [-0.15, -0.1) is 0 Å². The van der Waals surface area contributed by atoms with Crippen LogP contribution in [-0.4, -0.2) is 36.7 Å². The zero-order chi connectivity index (χ0) is 20.5. The monoisotopic (exact) mass is 497 g/mol. The molecule has 1 amide bonds. The molecule has 1 aromatic carbocycles. The van der Waals surface area contributed by atoms with E-state index in [0.717, 1.165) is 29.8 Å². The van der Waals surface area contributed by atoms with Crippen molar-refractivity contribution in [2.75, 3.05) is 0 Å². The van der Waals surface area contributed by atoms with Gasteiger partial charge in [0.1, 0.15) is 0 Å². The summed E-state index contributed by atoms with van der Waals surface area (Å²) in [5, 5.41) is 9.03. The third-order valence-electron chi connectivity index (χ3n) is 5.50. The number of hydrogen-bond acceptors (Lipinski definition) is 2. The summed E-state index contributed by atoms with van der Waals surface area (Å²) in [6.07, 6.45) is 10.0. The van der Waals surface area contributed by atoms with Crippen LogP contribution < -0.4 is 5.32 Å². The van der Waals surface area contributed by atoms with E-state index in [-0.39, 0.29) is 11.9 Å². The molecule has 1 N–H and O–H groups in total. The number of carbonyl (C=O) groups is 1. The van der Waals surface area contributed by atoms with E-state index in [1.165, 1.54) is 28.2 Å². The number of allylic oxidation sites excluding steroid dienone is 3. The third kappa shape index (κ3) is 4.34. The summed E-state index contributed by atoms with van der Waals surface area (Å²) in [5.41, 5.74) is 3.11. The Morgan fingerprint density at radius 2 is 1.93 bits per heavy atom. The molecule has 0 bridgehead atoms. The minimum absolute atomic E-state index is 0.0947. The predicted molar refractivity (Wildman–Crippen MR) is 123 cm³/mol. The van der Waals surface area contributed by atoms with Crippen molar-refractivity contribution in [2.45, 2.75) is 52.0 Å². The quantitative estimate of drug-likeness (QED) is 0.607. The van der Waals surface area contributed by atoms with Crippen LogP contribution in [0.4, 0.5) is 0 Å². The van der Waals surface area contributed by atoms with Gasteiger partial charge in [-0.3, -0.25) is 0 Å². The van der Waals surface area contributed by atoms with Gasteiger partial charge in [0.25, 0.3) is 0 Å². The number of benzene rings is 1. The summed E-state index contributed by atoms with van der Waals surface area (Å²) in [6.45, 7) is 4.14. The van der Waals surface area contributed by atoms with Crippen molar-refractivity contribution >= 4 is 48.5 Å². The van der Waals surface area contributed by atoms with Crippen molar-refractivity contribution in [3.8, 4) is 5.69 Å². The Morgan fingerprint density at radius 1 is 1.17 bits per heavy atom. The number of nitrogens with one attached hydrogen (secondary N) is 1. The number of amides is 1. The van der Waals surface area contributed by atoms with Gasteiger partial charge in [-0.2, -0.15) is 0 Å². The fourth-order valence-corrected chi connectivity index (χ4v) is 6.94. The summed E-state index contributed by atoms with van der Waals surface area (Å²) in [5.74, 6) is -0.0947. The van der Waals surface area contributed by atoms with Gasteiger partial charge in [-0.1, -0.05) is 0 Å². The summed E-state index contributed by atoms with van der Waals surface area (Å²) in [7, 11) is 0. The van der Waals surface area contributed by atoms with Crippen molar-refractivity contribution in [2.24, 2.45) is 0 Å². The maximum atomic E-state index is 13.1. The summed E-state index contributed by atoms with van der Waals surface area (Å²) in [6, 6.07) is 5.61. The number of hydrogen-bond donors (Lipinski definition) is 1. The van der Waals surface area contributed by atoms with Crippen LogP contribution in [0.1, 0.15) is 60.8 Å². The molecule has 2 aliphatic rings. The molecule has 0 radical (unpaired) electrons. The van der Waals surface area contributed by atoms with Crippen molar-refractivity contribution in [3.63, 3.8) is 0 Å². The molecule has 1 fully saturated rings.